The number of carbonyl (C=O) groups is 1. The predicted molar refractivity (Wildman–Crippen MR) is 166 cm³/mol. The highest BCUT2D eigenvalue weighted by Gasteiger charge is 2.47. The number of fused-ring (bicyclic) bond motifs is 1. The Labute approximate surface area is 256 Å². The van der Waals surface area contributed by atoms with Crippen LogP contribution in [0.4, 0.5) is 0 Å². The van der Waals surface area contributed by atoms with Crippen LogP contribution in [0.1, 0.15) is 27.8 Å². The number of para-hydroxylation sites is 1. The molecule has 5 atom stereocenters. The molecule has 1 saturated heterocycles. The number of aromatic amines is 1. The van der Waals surface area contributed by atoms with E-state index in [0.29, 0.717) is 13.2 Å². The molecule has 5 unspecified atom stereocenters. The van der Waals surface area contributed by atoms with Crippen LogP contribution in [0.5, 0.6) is 0 Å². The van der Waals surface area contributed by atoms with Crippen LogP contribution >= 0.6 is 9.03 Å². The van der Waals surface area contributed by atoms with Crippen molar-refractivity contribution in [2.24, 2.45) is 0 Å². The van der Waals surface area contributed by atoms with Crippen molar-refractivity contribution in [1.29, 1.82) is 0 Å². The lowest BCUT2D eigenvalue weighted by atomic mass is 9.98. The van der Waals surface area contributed by atoms with E-state index in [1.807, 2.05) is 91.0 Å². The first kappa shape index (κ1) is 31.6. The fraction of sp³-hybridized carbons (Fsp3) is 0.242. The van der Waals surface area contributed by atoms with Crippen LogP contribution < -0.4 is 0 Å². The minimum absolute atomic E-state index is 0.0833. The van der Waals surface area contributed by atoms with Gasteiger partial charge in [0.25, 0.3) is 0 Å². The van der Waals surface area contributed by atoms with Crippen molar-refractivity contribution in [3.8, 4) is 0 Å². The summed E-state index contributed by atoms with van der Waals surface area (Å²) in [7, 11) is 0.0833. The van der Waals surface area contributed by atoms with Crippen LogP contribution in [-0.4, -0.2) is 61.9 Å². The number of hydrogen-bond acceptors (Lipinski definition) is 8. The third kappa shape index (κ3) is 7.99. The zero-order chi connectivity index (χ0) is 30.7. The summed E-state index contributed by atoms with van der Waals surface area (Å²) in [5.74, 6) is -0.677. The van der Waals surface area contributed by atoms with E-state index in [1.165, 1.54) is 11.1 Å². The molecule has 230 valence electrons. The molecule has 1 fully saturated rings. The van der Waals surface area contributed by atoms with Gasteiger partial charge in [-0.05, 0) is 40.8 Å². The quantitative estimate of drug-likeness (QED) is 0.100. The van der Waals surface area contributed by atoms with Gasteiger partial charge in [0.1, 0.15) is 24.0 Å². The normalized spacial score (nSPS) is 21.4. The van der Waals surface area contributed by atoms with Crippen molar-refractivity contribution in [3.63, 3.8) is 0 Å². The van der Waals surface area contributed by atoms with Gasteiger partial charge in [-0.1, -0.05) is 78.9 Å². The summed E-state index contributed by atoms with van der Waals surface area (Å²) < 4.78 is 23.9. The number of ether oxygens (including phenoxy) is 2. The van der Waals surface area contributed by atoms with Crippen molar-refractivity contribution >= 4 is 25.9 Å². The van der Waals surface area contributed by atoms with E-state index in [4.69, 9.17) is 18.5 Å². The smallest absolute Gasteiger partial charge is 0.355 e. The average Bonchev–Trinajstić information content (AvgIpc) is 3.76. The first-order valence-electron chi connectivity index (χ1n) is 14.1. The molecule has 2 aromatic heterocycles. The maximum absolute atomic E-state index is 12.4. The zero-order valence-corrected chi connectivity index (χ0v) is 24.8. The van der Waals surface area contributed by atoms with Gasteiger partial charge in [0, 0.05) is 12.4 Å². The van der Waals surface area contributed by atoms with Gasteiger partial charge < -0.3 is 43.4 Å². The molecule has 44 heavy (non-hydrogen) atoms. The SMILES string of the molecule is O=C(OC1C(O)C(O)C(CO)OC1n1ccc2ccccc21)c1ccc[nH]1.c1ccc(COPOCc2ccccc2)cc1. The van der Waals surface area contributed by atoms with Crippen molar-refractivity contribution < 1.29 is 38.6 Å². The van der Waals surface area contributed by atoms with Crippen molar-refractivity contribution in [3.05, 3.63) is 132 Å². The van der Waals surface area contributed by atoms with Crippen molar-refractivity contribution in [2.45, 2.75) is 43.9 Å². The molecule has 4 N–H and O–H groups in total. The molecule has 0 amide bonds. The summed E-state index contributed by atoms with van der Waals surface area (Å²) in [4.78, 5) is 15.1. The Kier molecular flexibility index (Phi) is 11.3. The minimum atomic E-state index is -1.43. The standard InChI is InChI=1S/C19H20N2O6.C14H15O2P/c22-10-14-15(23)16(24)17(27-19(25)12-5-3-8-20-12)18(26-14)21-9-7-11-4-1-2-6-13(11)21;1-3-7-13(8-4-1)11-15-17-16-12-14-9-5-2-6-10-14/h1-9,14-18,20,22-24H,10H2;1-10,17H,11-12H2. The maximum Gasteiger partial charge on any atom is 0.355 e. The molecule has 11 heteroatoms. The summed E-state index contributed by atoms with van der Waals surface area (Å²) in [5.41, 5.74) is 3.37. The summed E-state index contributed by atoms with van der Waals surface area (Å²) in [6.45, 7) is 0.730. The van der Waals surface area contributed by atoms with Gasteiger partial charge in [-0.3, -0.25) is 0 Å². The van der Waals surface area contributed by atoms with Crippen LogP contribution in [-0.2, 0) is 31.7 Å². The number of nitrogens with zero attached hydrogens (tertiary/aromatic N) is 1. The lowest BCUT2D eigenvalue weighted by Crippen LogP contribution is -2.57. The molecule has 1 aliphatic rings. The molecule has 0 spiro atoms. The molecule has 0 bridgehead atoms. The molecule has 0 radical (unpaired) electrons. The van der Waals surface area contributed by atoms with E-state index < -0.39 is 43.2 Å². The highest BCUT2D eigenvalue weighted by molar-refractivity contribution is 7.26. The molecule has 0 aliphatic carbocycles. The van der Waals surface area contributed by atoms with Gasteiger partial charge in [-0.15, -0.1) is 0 Å². The number of aromatic nitrogens is 2. The largest absolute Gasteiger partial charge is 0.450 e. The second-order valence-electron chi connectivity index (χ2n) is 10.1. The number of esters is 1. The Morgan fingerprint density at radius 3 is 2.07 bits per heavy atom. The second-order valence-corrected chi connectivity index (χ2v) is 10.8. The van der Waals surface area contributed by atoms with Gasteiger partial charge in [-0.2, -0.15) is 0 Å². The van der Waals surface area contributed by atoms with E-state index >= 15 is 0 Å². The summed E-state index contributed by atoms with van der Waals surface area (Å²) in [6.07, 6.45) is -2.59. The molecule has 1 aliphatic heterocycles. The fourth-order valence-electron chi connectivity index (χ4n) is 4.81. The number of rotatable bonds is 10. The fourth-order valence-corrected chi connectivity index (χ4v) is 5.34. The first-order chi connectivity index (χ1) is 21.5. The van der Waals surface area contributed by atoms with Crippen LogP contribution in [0.15, 0.2) is 116 Å². The van der Waals surface area contributed by atoms with Gasteiger partial charge in [0.2, 0.25) is 0 Å². The van der Waals surface area contributed by atoms with Crippen LogP contribution in [0.3, 0.4) is 0 Å². The number of hydrogen-bond donors (Lipinski definition) is 4. The van der Waals surface area contributed by atoms with E-state index in [0.717, 1.165) is 10.9 Å². The third-order valence-electron chi connectivity index (χ3n) is 7.09. The van der Waals surface area contributed by atoms with Crippen LogP contribution in [0.2, 0.25) is 0 Å². The van der Waals surface area contributed by atoms with Crippen LogP contribution in [0, 0.1) is 0 Å². The molecule has 10 nitrogen and oxygen atoms in total. The van der Waals surface area contributed by atoms with E-state index in [-0.39, 0.29) is 14.7 Å². The Bertz CT molecular complexity index is 1520. The zero-order valence-electron chi connectivity index (χ0n) is 23.8. The lowest BCUT2D eigenvalue weighted by molar-refractivity contribution is -0.249. The third-order valence-corrected chi connectivity index (χ3v) is 7.61. The van der Waals surface area contributed by atoms with E-state index in [9.17, 15) is 20.1 Å². The van der Waals surface area contributed by atoms with Gasteiger partial charge in [0.15, 0.2) is 21.4 Å². The molecule has 0 saturated carbocycles. The Balaban J connectivity index is 0.000000195. The summed E-state index contributed by atoms with van der Waals surface area (Å²) in [6, 6.07) is 32.8. The number of carbonyl (C=O) groups excluding carboxylic acids is 1. The Morgan fingerprint density at radius 2 is 1.45 bits per heavy atom. The highest BCUT2D eigenvalue weighted by atomic mass is 31.1. The van der Waals surface area contributed by atoms with E-state index in [2.05, 4.69) is 4.98 Å². The van der Waals surface area contributed by atoms with Crippen molar-refractivity contribution in [1.82, 2.24) is 9.55 Å². The Hall–Kier alpha value is -3.86. The number of nitrogens with one attached hydrogen (secondary N) is 1. The number of H-pyrrole nitrogens is 1. The topological polar surface area (TPSA) is 135 Å². The van der Waals surface area contributed by atoms with Gasteiger partial charge in [0.05, 0.1) is 25.3 Å². The number of aliphatic hydroxyl groups is 3. The van der Waals surface area contributed by atoms with Crippen LogP contribution in [0.25, 0.3) is 10.9 Å². The molecule has 6 rings (SSSR count). The van der Waals surface area contributed by atoms with E-state index in [1.54, 1.807) is 29.1 Å². The van der Waals surface area contributed by atoms with Gasteiger partial charge >= 0.3 is 5.97 Å². The molecule has 3 heterocycles. The van der Waals surface area contributed by atoms with Crippen molar-refractivity contribution in [2.75, 3.05) is 6.61 Å². The molecular formula is C33H35N2O8P. The lowest BCUT2D eigenvalue weighted by Gasteiger charge is -2.42. The molecule has 3 aromatic carbocycles. The summed E-state index contributed by atoms with van der Waals surface area (Å²) >= 11 is 0. The maximum atomic E-state index is 12.4. The minimum Gasteiger partial charge on any atom is -0.450 e. The highest BCUT2D eigenvalue weighted by Crippen LogP contribution is 2.34. The monoisotopic (exact) mass is 618 g/mol. The Morgan fingerprint density at radius 1 is 0.818 bits per heavy atom. The van der Waals surface area contributed by atoms with Gasteiger partial charge in [-0.25, -0.2) is 4.79 Å². The molecule has 5 aromatic rings. The molecular weight excluding hydrogens is 583 g/mol. The predicted octanol–water partition coefficient (Wildman–Crippen LogP) is 4.74. The average molecular weight is 619 g/mol. The number of benzene rings is 3. The number of aliphatic hydroxyl groups excluding tert-OH is 3. The first-order valence-corrected chi connectivity index (χ1v) is 15.0. The summed E-state index contributed by atoms with van der Waals surface area (Å²) in [5, 5.41) is 31.3. The second kappa shape index (κ2) is 15.7.